The molecule has 0 fully saturated rings. The summed E-state index contributed by atoms with van der Waals surface area (Å²) >= 11 is 0. The van der Waals surface area contributed by atoms with Crippen molar-refractivity contribution in [3.05, 3.63) is 90.0 Å². The van der Waals surface area contributed by atoms with Crippen LogP contribution in [-0.2, 0) is 10.0 Å². The van der Waals surface area contributed by atoms with Gasteiger partial charge in [-0.25, -0.2) is 17.9 Å². The van der Waals surface area contributed by atoms with Crippen molar-refractivity contribution in [1.29, 1.82) is 0 Å². The minimum absolute atomic E-state index is 0.0468. The van der Waals surface area contributed by atoms with Crippen LogP contribution in [0.5, 0.6) is 0 Å². The molecule has 3 aromatic rings. The first-order chi connectivity index (χ1) is 14.2. The minimum Gasteiger partial charge on any atom is -0.336 e. The fourth-order valence-electron chi connectivity index (χ4n) is 3.11. The average molecular weight is 424 g/mol. The molecule has 9 heteroatoms. The van der Waals surface area contributed by atoms with Gasteiger partial charge in [0.25, 0.3) is 5.91 Å². The molecular formula is C21H17FN4O3S. The molecule has 1 aromatic heterocycles. The van der Waals surface area contributed by atoms with Gasteiger partial charge in [0.1, 0.15) is 17.3 Å². The van der Waals surface area contributed by atoms with Crippen LogP contribution in [0.25, 0.3) is 6.08 Å². The molecule has 2 heterocycles. The maximum atomic E-state index is 13.3. The third kappa shape index (κ3) is 3.76. The Morgan fingerprint density at radius 2 is 1.73 bits per heavy atom. The van der Waals surface area contributed by atoms with E-state index in [1.165, 1.54) is 36.4 Å². The summed E-state index contributed by atoms with van der Waals surface area (Å²) in [6.45, 7) is 4.01. The van der Waals surface area contributed by atoms with Crippen molar-refractivity contribution in [2.24, 2.45) is 5.14 Å². The van der Waals surface area contributed by atoms with Crippen molar-refractivity contribution in [1.82, 2.24) is 4.98 Å². The Bertz CT molecular complexity index is 1280. The molecule has 0 radical (unpaired) electrons. The summed E-state index contributed by atoms with van der Waals surface area (Å²) in [5.74, 6) is -0.133. The van der Waals surface area contributed by atoms with Crippen molar-refractivity contribution >= 4 is 39.2 Å². The lowest BCUT2D eigenvalue weighted by Gasteiger charge is -2.27. The predicted octanol–water partition coefficient (Wildman–Crippen LogP) is 3.73. The van der Waals surface area contributed by atoms with Gasteiger partial charge in [0.15, 0.2) is 0 Å². The number of halogens is 1. The number of hydrogen-bond donors (Lipinski definition) is 3. The minimum atomic E-state index is -3.81. The van der Waals surface area contributed by atoms with Crippen molar-refractivity contribution < 1.29 is 17.6 Å². The highest BCUT2D eigenvalue weighted by Gasteiger charge is 2.23. The number of carbonyl (C=O) groups excluding carboxylic acids is 1. The molecule has 0 atom stereocenters. The van der Waals surface area contributed by atoms with E-state index in [1.807, 2.05) is 6.08 Å². The standard InChI is InChI=1S/C21H17FN4O3S/c1-13-2-3-14-12-19(25-20(14)26(13)17-8-4-15(22)5-9-17)21(27)24-16-6-10-18(11-7-16)30(23,28)29/h2-12,25H,1H2,(H,24,27)(H2,23,28,29). The summed E-state index contributed by atoms with van der Waals surface area (Å²) in [6.07, 6.45) is 3.62. The number of hydrogen-bond acceptors (Lipinski definition) is 4. The monoisotopic (exact) mass is 424 g/mol. The van der Waals surface area contributed by atoms with E-state index in [0.29, 0.717) is 28.6 Å². The number of primary sulfonamides is 1. The number of fused-ring (bicyclic) bond motifs is 1. The fourth-order valence-corrected chi connectivity index (χ4v) is 3.63. The van der Waals surface area contributed by atoms with Crippen molar-refractivity contribution in [2.45, 2.75) is 4.90 Å². The SMILES string of the molecule is C=C1C=Cc2cc(C(=O)Nc3ccc(S(N)(=O)=O)cc3)[nH]c2N1c1ccc(F)cc1. The van der Waals surface area contributed by atoms with E-state index in [0.717, 1.165) is 5.56 Å². The molecule has 1 amide bonds. The number of benzene rings is 2. The number of H-pyrrole nitrogens is 1. The summed E-state index contributed by atoms with van der Waals surface area (Å²) in [5.41, 5.74) is 2.82. The van der Waals surface area contributed by atoms with Crippen LogP contribution in [0, 0.1) is 5.82 Å². The highest BCUT2D eigenvalue weighted by atomic mass is 32.2. The van der Waals surface area contributed by atoms with Crippen molar-refractivity contribution in [3.8, 4) is 0 Å². The maximum absolute atomic E-state index is 13.3. The van der Waals surface area contributed by atoms with E-state index in [4.69, 9.17) is 5.14 Å². The van der Waals surface area contributed by atoms with Gasteiger partial charge < -0.3 is 10.3 Å². The molecule has 0 unspecified atom stereocenters. The molecule has 152 valence electrons. The Balaban J connectivity index is 1.60. The van der Waals surface area contributed by atoms with Gasteiger partial charge in [0.2, 0.25) is 10.0 Å². The van der Waals surface area contributed by atoms with Crippen LogP contribution in [0.15, 0.2) is 77.8 Å². The molecule has 0 saturated carbocycles. The third-order valence-electron chi connectivity index (χ3n) is 4.56. The number of sulfonamides is 1. The molecule has 4 rings (SSSR count). The Morgan fingerprint density at radius 3 is 2.37 bits per heavy atom. The number of allylic oxidation sites excluding steroid dienone is 1. The van der Waals surface area contributed by atoms with Gasteiger partial charge >= 0.3 is 0 Å². The third-order valence-corrected chi connectivity index (χ3v) is 5.49. The molecule has 2 aromatic carbocycles. The number of anilines is 3. The second kappa shape index (κ2) is 7.29. The Labute approximate surface area is 172 Å². The summed E-state index contributed by atoms with van der Waals surface area (Å²) < 4.78 is 36.0. The number of rotatable bonds is 4. The Morgan fingerprint density at radius 1 is 1.07 bits per heavy atom. The van der Waals surface area contributed by atoms with Gasteiger partial charge in [0, 0.05) is 22.6 Å². The van der Waals surface area contributed by atoms with Crippen molar-refractivity contribution in [3.63, 3.8) is 0 Å². The summed E-state index contributed by atoms with van der Waals surface area (Å²) in [7, 11) is -3.81. The second-order valence-electron chi connectivity index (χ2n) is 6.65. The molecule has 0 aliphatic carbocycles. The number of aromatic nitrogens is 1. The Hall–Kier alpha value is -3.69. The van der Waals surface area contributed by atoms with Crippen LogP contribution in [0.3, 0.4) is 0 Å². The topological polar surface area (TPSA) is 108 Å². The highest BCUT2D eigenvalue weighted by molar-refractivity contribution is 7.89. The molecule has 1 aliphatic heterocycles. The number of aromatic amines is 1. The zero-order chi connectivity index (χ0) is 21.5. The first-order valence-corrected chi connectivity index (χ1v) is 10.4. The smallest absolute Gasteiger partial charge is 0.272 e. The van der Waals surface area contributed by atoms with Gasteiger partial charge in [-0.1, -0.05) is 6.58 Å². The van der Waals surface area contributed by atoms with Crippen molar-refractivity contribution in [2.75, 3.05) is 10.2 Å². The van der Waals surface area contributed by atoms with E-state index in [-0.39, 0.29) is 10.7 Å². The molecule has 4 N–H and O–H groups in total. The van der Waals surface area contributed by atoms with Crippen LogP contribution in [0.4, 0.5) is 21.6 Å². The van der Waals surface area contributed by atoms with Gasteiger partial charge in [-0.15, -0.1) is 0 Å². The fraction of sp³-hybridized carbons (Fsp3) is 0. The van der Waals surface area contributed by atoms with E-state index in [1.54, 1.807) is 29.2 Å². The van der Waals surface area contributed by atoms with E-state index >= 15 is 0 Å². The lowest BCUT2D eigenvalue weighted by molar-refractivity contribution is 0.102. The predicted molar refractivity (Wildman–Crippen MR) is 113 cm³/mol. The number of nitrogens with zero attached hydrogens (tertiary/aromatic N) is 1. The van der Waals surface area contributed by atoms with Crippen LogP contribution < -0.4 is 15.4 Å². The summed E-state index contributed by atoms with van der Waals surface area (Å²) in [4.78, 5) is 17.5. The van der Waals surface area contributed by atoms with Crippen LogP contribution in [0.2, 0.25) is 0 Å². The lowest BCUT2D eigenvalue weighted by atomic mass is 10.1. The van der Waals surface area contributed by atoms with Gasteiger partial charge in [-0.05, 0) is 66.7 Å². The average Bonchev–Trinajstić information content (AvgIpc) is 3.13. The van der Waals surface area contributed by atoms with Gasteiger partial charge in [-0.2, -0.15) is 0 Å². The highest BCUT2D eigenvalue weighted by Crippen LogP contribution is 2.36. The molecule has 0 bridgehead atoms. The molecule has 0 spiro atoms. The largest absolute Gasteiger partial charge is 0.336 e. The van der Waals surface area contributed by atoms with Crippen LogP contribution in [-0.4, -0.2) is 19.3 Å². The molecule has 30 heavy (non-hydrogen) atoms. The Kier molecular flexibility index (Phi) is 4.76. The second-order valence-corrected chi connectivity index (χ2v) is 8.21. The quantitative estimate of drug-likeness (QED) is 0.593. The van der Waals surface area contributed by atoms with E-state index in [2.05, 4.69) is 16.9 Å². The normalized spacial score (nSPS) is 13.3. The molecular weight excluding hydrogens is 407 g/mol. The molecule has 1 aliphatic rings. The first kappa shape index (κ1) is 19.6. The number of amides is 1. The lowest BCUT2D eigenvalue weighted by Crippen LogP contribution is -2.18. The van der Waals surface area contributed by atoms with E-state index < -0.39 is 15.9 Å². The number of carbonyl (C=O) groups is 1. The maximum Gasteiger partial charge on any atom is 0.272 e. The van der Waals surface area contributed by atoms with Gasteiger partial charge in [-0.3, -0.25) is 9.69 Å². The van der Waals surface area contributed by atoms with Crippen LogP contribution >= 0.6 is 0 Å². The molecule has 0 saturated heterocycles. The zero-order valence-electron chi connectivity index (χ0n) is 15.6. The van der Waals surface area contributed by atoms with Gasteiger partial charge in [0.05, 0.1) is 4.90 Å². The summed E-state index contributed by atoms with van der Waals surface area (Å²) in [5, 5.41) is 7.78. The molecule has 7 nitrogen and oxygen atoms in total. The first-order valence-electron chi connectivity index (χ1n) is 8.82. The van der Waals surface area contributed by atoms with E-state index in [9.17, 15) is 17.6 Å². The summed E-state index contributed by atoms with van der Waals surface area (Å²) in [6, 6.07) is 13.2. The van der Waals surface area contributed by atoms with Crippen LogP contribution in [0.1, 0.15) is 16.1 Å². The number of nitrogens with two attached hydrogens (primary N) is 1. The zero-order valence-corrected chi connectivity index (χ0v) is 16.4. The number of nitrogens with one attached hydrogen (secondary N) is 2.